The molecule has 18 heavy (non-hydrogen) atoms. The quantitative estimate of drug-likeness (QED) is 0.823. The van der Waals surface area contributed by atoms with Gasteiger partial charge in [0.25, 0.3) is 0 Å². The number of nitriles is 1. The van der Waals surface area contributed by atoms with Gasteiger partial charge in [-0.1, -0.05) is 6.07 Å². The second-order valence-corrected chi connectivity index (χ2v) is 3.16. The number of carbonyl (C=O) groups excluding carboxylic acids is 1. The number of esters is 1. The lowest BCUT2D eigenvalue weighted by molar-refractivity contribution is -0.0504. The van der Waals surface area contributed by atoms with Crippen LogP contribution in [0.4, 0.5) is 8.78 Å². The van der Waals surface area contributed by atoms with Gasteiger partial charge in [0.05, 0.1) is 12.7 Å². The van der Waals surface area contributed by atoms with Crippen LogP contribution in [0.5, 0.6) is 5.75 Å². The van der Waals surface area contributed by atoms with E-state index in [1.807, 2.05) is 0 Å². The Morgan fingerprint density at radius 2 is 2.22 bits per heavy atom. The van der Waals surface area contributed by atoms with E-state index in [1.54, 1.807) is 6.07 Å². The Kier molecular flexibility index (Phi) is 4.57. The molecule has 0 unspecified atom stereocenters. The number of methoxy groups -OCH3 is 1. The molecule has 2 N–H and O–H groups in total. The van der Waals surface area contributed by atoms with Crippen LogP contribution in [-0.4, -0.2) is 19.7 Å². The van der Waals surface area contributed by atoms with Crippen LogP contribution in [0.1, 0.15) is 21.5 Å². The van der Waals surface area contributed by atoms with E-state index >= 15 is 0 Å². The number of rotatable bonds is 4. The van der Waals surface area contributed by atoms with Gasteiger partial charge in [0.15, 0.2) is 0 Å². The number of hydrogen-bond donors (Lipinski definition) is 1. The molecule has 0 heterocycles. The second kappa shape index (κ2) is 5.93. The fourth-order valence-electron chi connectivity index (χ4n) is 1.42. The van der Waals surface area contributed by atoms with E-state index in [-0.39, 0.29) is 17.7 Å². The van der Waals surface area contributed by atoms with Gasteiger partial charge in [-0.2, -0.15) is 14.0 Å². The molecule has 7 heteroatoms. The van der Waals surface area contributed by atoms with Crippen molar-refractivity contribution in [3.8, 4) is 11.8 Å². The zero-order chi connectivity index (χ0) is 13.7. The molecular weight excluding hydrogens is 246 g/mol. The largest absolute Gasteiger partial charge is 0.465 e. The molecule has 0 saturated carbocycles. The molecule has 0 aliphatic heterocycles. The van der Waals surface area contributed by atoms with Crippen LogP contribution in [-0.2, 0) is 11.3 Å². The normalized spacial score (nSPS) is 10.0. The minimum absolute atomic E-state index is 0.0121. The molecule has 0 radical (unpaired) electrons. The van der Waals surface area contributed by atoms with Crippen LogP contribution in [0.15, 0.2) is 12.1 Å². The van der Waals surface area contributed by atoms with Crippen molar-refractivity contribution in [3.05, 3.63) is 28.8 Å². The summed E-state index contributed by atoms with van der Waals surface area (Å²) in [7, 11) is 1.07. The monoisotopic (exact) mass is 256 g/mol. The molecule has 0 saturated heterocycles. The average molecular weight is 256 g/mol. The van der Waals surface area contributed by atoms with Gasteiger partial charge in [0.1, 0.15) is 17.4 Å². The van der Waals surface area contributed by atoms with Gasteiger partial charge >= 0.3 is 12.6 Å². The van der Waals surface area contributed by atoms with E-state index in [0.29, 0.717) is 5.56 Å². The molecule has 0 aliphatic carbocycles. The number of nitrogens with zero attached hydrogens (tertiary/aromatic N) is 1. The predicted octanol–water partition coefficient (Wildman–Crippen LogP) is 1.40. The van der Waals surface area contributed by atoms with Gasteiger partial charge in [-0.05, 0) is 11.6 Å². The number of benzene rings is 1. The molecule has 5 nitrogen and oxygen atoms in total. The fourth-order valence-corrected chi connectivity index (χ4v) is 1.42. The first-order chi connectivity index (χ1) is 8.54. The van der Waals surface area contributed by atoms with Crippen LogP contribution in [0.2, 0.25) is 0 Å². The molecule has 0 spiro atoms. The first kappa shape index (κ1) is 13.9. The van der Waals surface area contributed by atoms with Crippen molar-refractivity contribution >= 4 is 5.97 Å². The molecular formula is C11H10F2N2O3. The standard InChI is InChI=1S/C11H10F2N2O3/c1-17-10(16)9-7(5-15)6(4-14)2-3-8(9)18-11(12)13/h2-3,11H,4,14H2,1H3. The lowest BCUT2D eigenvalue weighted by atomic mass is 10.0. The summed E-state index contributed by atoms with van der Waals surface area (Å²) in [6.45, 7) is -3.12. The molecule has 0 amide bonds. The lowest BCUT2D eigenvalue weighted by Gasteiger charge is -2.12. The predicted molar refractivity (Wildman–Crippen MR) is 57.0 cm³/mol. The molecule has 0 aliphatic rings. The zero-order valence-corrected chi connectivity index (χ0v) is 9.44. The number of halogens is 2. The van der Waals surface area contributed by atoms with Crippen molar-refractivity contribution in [1.82, 2.24) is 0 Å². The lowest BCUT2D eigenvalue weighted by Crippen LogP contribution is -2.13. The van der Waals surface area contributed by atoms with Crippen LogP contribution in [0.25, 0.3) is 0 Å². The highest BCUT2D eigenvalue weighted by Gasteiger charge is 2.23. The van der Waals surface area contributed by atoms with Crippen molar-refractivity contribution < 1.29 is 23.0 Å². The van der Waals surface area contributed by atoms with Crippen molar-refractivity contribution in [3.63, 3.8) is 0 Å². The van der Waals surface area contributed by atoms with Crippen molar-refractivity contribution in [2.24, 2.45) is 5.73 Å². The SMILES string of the molecule is COC(=O)c1c(OC(F)F)ccc(CN)c1C#N. The fraction of sp³-hybridized carbons (Fsp3) is 0.273. The minimum atomic E-state index is -3.11. The minimum Gasteiger partial charge on any atom is -0.465 e. The zero-order valence-electron chi connectivity index (χ0n) is 9.44. The summed E-state index contributed by atoms with van der Waals surface area (Å²) in [5.74, 6) is -1.34. The van der Waals surface area contributed by atoms with Crippen molar-refractivity contribution in [1.29, 1.82) is 5.26 Å². The molecule has 1 aromatic rings. The third-order valence-electron chi connectivity index (χ3n) is 2.19. The third-order valence-corrected chi connectivity index (χ3v) is 2.19. The molecule has 1 aromatic carbocycles. The summed E-state index contributed by atoms with van der Waals surface area (Å²) in [4.78, 5) is 11.5. The third kappa shape index (κ3) is 2.73. The van der Waals surface area contributed by atoms with E-state index in [1.165, 1.54) is 6.07 Å². The van der Waals surface area contributed by atoms with E-state index in [9.17, 15) is 13.6 Å². The number of ether oxygens (including phenoxy) is 2. The Labute approximate surface area is 102 Å². The highest BCUT2D eigenvalue weighted by Crippen LogP contribution is 2.27. The van der Waals surface area contributed by atoms with Gasteiger partial charge in [-0.25, -0.2) is 4.79 Å². The maximum atomic E-state index is 12.2. The summed E-state index contributed by atoms with van der Waals surface area (Å²) in [6.07, 6.45) is 0. The van der Waals surface area contributed by atoms with Crippen molar-refractivity contribution in [2.45, 2.75) is 13.2 Å². The topological polar surface area (TPSA) is 85.3 Å². The smallest absolute Gasteiger partial charge is 0.387 e. The highest BCUT2D eigenvalue weighted by molar-refractivity contribution is 5.95. The van der Waals surface area contributed by atoms with E-state index in [4.69, 9.17) is 11.0 Å². The molecule has 1 rings (SSSR count). The average Bonchev–Trinajstić information content (AvgIpc) is 2.36. The maximum absolute atomic E-state index is 12.2. The summed E-state index contributed by atoms with van der Waals surface area (Å²) in [5.41, 5.74) is 5.28. The summed E-state index contributed by atoms with van der Waals surface area (Å²) < 4.78 is 33.0. The highest BCUT2D eigenvalue weighted by atomic mass is 19.3. The Balaban J connectivity index is 3.45. The number of nitrogens with two attached hydrogens (primary N) is 1. The maximum Gasteiger partial charge on any atom is 0.387 e. The van der Waals surface area contributed by atoms with Crippen LogP contribution < -0.4 is 10.5 Å². The number of alkyl halides is 2. The summed E-state index contributed by atoms with van der Waals surface area (Å²) in [6, 6.07) is 4.24. The van der Waals surface area contributed by atoms with Crippen LogP contribution in [0, 0.1) is 11.3 Å². The number of hydrogen-bond acceptors (Lipinski definition) is 5. The van der Waals surface area contributed by atoms with E-state index < -0.39 is 18.3 Å². The summed E-state index contributed by atoms with van der Waals surface area (Å²) in [5, 5.41) is 8.98. The van der Waals surface area contributed by atoms with E-state index in [2.05, 4.69) is 9.47 Å². The molecule has 96 valence electrons. The van der Waals surface area contributed by atoms with Gasteiger partial charge < -0.3 is 15.2 Å². The Morgan fingerprint density at radius 1 is 1.56 bits per heavy atom. The second-order valence-electron chi connectivity index (χ2n) is 3.16. The van der Waals surface area contributed by atoms with Gasteiger partial charge in [-0.15, -0.1) is 0 Å². The van der Waals surface area contributed by atoms with Crippen LogP contribution >= 0.6 is 0 Å². The van der Waals surface area contributed by atoms with Gasteiger partial charge in [0.2, 0.25) is 0 Å². The van der Waals surface area contributed by atoms with Gasteiger partial charge in [-0.3, -0.25) is 0 Å². The molecule has 0 fully saturated rings. The van der Waals surface area contributed by atoms with E-state index in [0.717, 1.165) is 13.2 Å². The first-order valence-corrected chi connectivity index (χ1v) is 4.84. The Morgan fingerprint density at radius 3 is 2.67 bits per heavy atom. The molecule has 0 aromatic heterocycles. The Hall–Kier alpha value is -2.20. The first-order valence-electron chi connectivity index (χ1n) is 4.84. The van der Waals surface area contributed by atoms with Gasteiger partial charge in [0, 0.05) is 6.54 Å². The Bertz CT molecular complexity index is 498. The molecule has 0 bridgehead atoms. The molecule has 0 atom stereocenters. The van der Waals surface area contributed by atoms with Crippen LogP contribution in [0.3, 0.4) is 0 Å². The van der Waals surface area contributed by atoms with Crippen molar-refractivity contribution in [2.75, 3.05) is 7.11 Å². The summed E-state index contributed by atoms with van der Waals surface area (Å²) >= 11 is 0. The number of carbonyl (C=O) groups is 1.